The number of hydrogen-bond donors (Lipinski definition) is 0. The number of aryl methyl sites for hydroxylation is 1. The van der Waals surface area contributed by atoms with E-state index in [9.17, 15) is 0 Å². The van der Waals surface area contributed by atoms with Gasteiger partial charge in [-0.05, 0) is 24.4 Å². The van der Waals surface area contributed by atoms with E-state index in [1.807, 2.05) is 0 Å². The Kier molecular flexibility index (Phi) is 2.20. The van der Waals surface area contributed by atoms with Crippen LogP contribution in [0.15, 0.2) is 36.3 Å². The van der Waals surface area contributed by atoms with E-state index in [1.54, 1.807) is 0 Å². The fraction of sp³-hybridized carbons (Fsp3) is 0.182. The second-order valence-corrected chi connectivity index (χ2v) is 5.28. The Morgan fingerprint density at radius 1 is 1.08 bits per heavy atom. The Balaban J connectivity index is 2.53. The highest BCUT2D eigenvalue weighted by Crippen LogP contribution is 2.43. The van der Waals surface area contributed by atoms with Gasteiger partial charge in [0.15, 0.2) is 0 Å². The van der Waals surface area contributed by atoms with E-state index in [2.05, 4.69) is 55.1 Å². The van der Waals surface area contributed by atoms with Crippen LogP contribution in [0.1, 0.15) is 11.0 Å². The fourth-order valence-corrected chi connectivity index (χ4v) is 3.23. The molecule has 1 heterocycles. The Bertz CT molecular complexity index is 403. The molecule has 0 N–H and O–H groups in total. The molecule has 13 heavy (non-hydrogen) atoms. The first-order chi connectivity index (χ1) is 6.29. The Morgan fingerprint density at radius 3 is 2.31 bits per heavy atom. The SMILES string of the molecule is Cc1ncp(-c2ccccc2)c1C. The predicted molar refractivity (Wildman–Crippen MR) is 57.8 cm³/mol. The van der Waals surface area contributed by atoms with Gasteiger partial charge in [0.05, 0.1) is 5.93 Å². The maximum absolute atomic E-state index is 4.36. The van der Waals surface area contributed by atoms with Gasteiger partial charge in [-0.3, -0.25) is 4.98 Å². The smallest absolute Gasteiger partial charge is 0.0509 e. The van der Waals surface area contributed by atoms with Gasteiger partial charge in [0.2, 0.25) is 0 Å². The van der Waals surface area contributed by atoms with Gasteiger partial charge in [0.1, 0.15) is 0 Å². The van der Waals surface area contributed by atoms with E-state index in [0.29, 0.717) is 0 Å². The van der Waals surface area contributed by atoms with Gasteiger partial charge in [-0.2, -0.15) is 0 Å². The highest BCUT2D eigenvalue weighted by atomic mass is 31.1. The van der Waals surface area contributed by atoms with Gasteiger partial charge >= 0.3 is 0 Å². The molecule has 1 aromatic heterocycles. The molecule has 0 saturated carbocycles. The van der Waals surface area contributed by atoms with Gasteiger partial charge < -0.3 is 0 Å². The molecule has 2 aromatic rings. The first-order valence-electron chi connectivity index (χ1n) is 4.35. The van der Waals surface area contributed by atoms with Crippen molar-refractivity contribution in [2.45, 2.75) is 13.8 Å². The lowest BCUT2D eigenvalue weighted by molar-refractivity contribution is 1.23. The summed E-state index contributed by atoms with van der Waals surface area (Å²) in [5.41, 5.74) is 1.19. The molecule has 2 heteroatoms. The molecule has 2 rings (SSSR count). The molecule has 1 unspecified atom stereocenters. The van der Waals surface area contributed by atoms with Crippen LogP contribution in [0.3, 0.4) is 0 Å². The minimum absolute atomic E-state index is 0.253. The molecule has 66 valence electrons. The minimum atomic E-state index is -0.253. The van der Waals surface area contributed by atoms with Crippen LogP contribution in [0.25, 0.3) is 5.30 Å². The standard InChI is InChI=1S/C11H12NP/c1-9-10(2)13(8-12-9)11-6-4-3-5-7-11/h3-8H,1-2H3. The lowest BCUT2D eigenvalue weighted by Crippen LogP contribution is -1.70. The summed E-state index contributed by atoms with van der Waals surface area (Å²) < 4.78 is 0. The van der Waals surface area contributed by atoms with Crippen LogP contribution in [-0.4, -0.2) is 4.98 Å². The van der Waals surface area contributed by atoms with Gasteiger partial charge in [-0.1, -0.05) is 37.9 Å². The third-order valence-corrected chi connectivity index (χ3v) is 4.53. The largest absolute Gasteiger partial charge is 0.256 e. The fourth-order valence-electron chi connectivity index (χ4n) is 1.35. The first kappa shape index (κ1) is 8.52. The van der Waals surface area contributed by atoms with Crippen LogP contribution < -0.4 is 0 Å². The quantitative estimate of drug-likeness (QED) is 0.666. The van der Waals surface area contributed by atoms with E-state index in [0.717, 1.165) is 0 Å². The van der Waals surface area contributed by atoms with Crippen LogP contribution in [0, 0.1) is 13.8 Å². The van der Waals surface area contributed by atoms with Gasteiger partial charge in [0.25, 0.3) is 0 Å². The summed E-state index contributed by atoms with van der Waals surface area (Å²) in [7, 11) is -0.253. The number of aromatic nitrogens is 1. The molecule has 0 bridgehead atoms. The van der Waals surface area contributed by atoms with E-state index >= 15 is 0 Å². The summed E-state index contributed by atoms with van der Waals surface area (Å²) in [4.78, 5) is 4.36. The molecule has 0 radical (unpaired) electrons. The van der Waals surface area contributed by atoms with E-state index in [-0.39, 0.29) is 7.53 Å². The Hall–Kier alpha value is -1.07. The predicted octanol–water partition coefficient (Wildman–Crippen LogP) is 3.67. The third kappa shape index (κ3) is 1.52. The normalized spacial score (nSPS) is 11.7. The number of nitrogens with zero attached hydrogens (tertiary/aromatic N) is 1. The molecular formula is C11H12NP. The number of benzene rings is 1. The van der Waals surface area contributed by atoms with Gasteiger partial charge in [0, 0.05) is 5.69 Å². The van der Waals surface area contributed by atoms with Crippen molar-refractivity contribution in [2.75, 3.05) is 0 Å². The lowest BCUT2D eigenvalue weighted by Gasteiger charge is -1.99. The molecule has 1 nitrogen and oxygen atoms in total. The van der Waals surface area contributed by atoms with Crippen LogP contribution in [0.4, 0.5) is 0 Å². The van der Waals surface area contributed by atoms with Gasteiger partial charge in [-0.15, -0.1) is 0 Å². The van der Waals surface area contributed by atoms with E-state index < -0.39 is 0 Å². The van der Waals surface area contributed by atoms with Crippen molar-refractivity contribution in [1.29, 1.82) is 0 Å². The molecule has 0 spiro atoms. The topological polar surface area (TPSA) is 12.9 Å². The van der Waals surface area contributed by atoms with Crippen molar-refractivity contribution in [3.05, 3.63) is 47.2 Å². The zero-order chi connectivity index (χ0) is 9.26. The van der Waals surface area contributed by atoms with E-state index in [1.165, 1.54) is 16.3 Å². The van der Waals surface area contributed by atoms with E-state index in [4.69, 9.17) is 0 Å². The summed E-state index contributed by atoms with van der Waals surface area (Å²) in [5.74, 6) is 2.09. The average molecular weight is 189 g/mol. The van der Waals surface area contributed by atoms with Crippen molar-refractivity contribution in [2.24, 2.45) is 0 Å². The average Bonchev–Trinajstić information content (AvgIpc) is 2.49. The van der Waals surface area contributed by atoms with Gasteiger partial charge in [-0.25, -0.2) is 0 Å². The zero-order valence-electron chi connectivity index (χ0n) is 7.86. The Morgan fingerprint density at radius 2 is 1.77 bits per heavy atom. The first-order valence-corrected chi connectivity index (χ1v) is 5.76. The summed E-state index contributed by atoms with van der Waals surface area (Å²) >= 11 is 0. The molecular weight excluding hydrogens is 177 g/mol. The summed E-state index contributed by atoms with van der Waals surface area (Å²) in [6.45, 7) is 4.26. The van der Waals surface area contributed by atoms with Crippen LogP contribution in [0.2, 0.25) is 0 Å². The maximum Gasteiger partial charge on any atom is 0.0509 e. The number of hydrogen-bond acceptors (Lipinski definition) is 1. The van der Waals surface area contributed by atoms with Crippen LogP contribution >= 0.6 is 7.53 Å². The summed E-state index contributed by atoms with van der Waals surface area (Å²) in [6, 6.07) is 10.6. The Labute approximate surface area is 79.5 Å². The lowest BCUT2D eigenvalue weighted by atomic mass is 10.4. The molecule has 0 fully saturated rings. The molecule has 0 aliphatic rings. The summed E-state index contributed by atoms with van der Waals surface area (Å²) in [6.07, 6.45) is 0. The molecule has 0 aliphatic heterocycles. The third-order valence-electron chi connectivity index (χ3n) is 2.29. The van der Waals surface area contributed by atoms with Crippen molar-refractivity contribution in [3.63, 3.8) is 0 Å². The molecule has 0 aliphatic carbocycles. The zero-order valence-corrected chi connectivity index (χ0v) is 8.75. The molecule has 1 atom stereocenters. The highest BCUT2D eigenvalue weighted by molar-refractivity contribution is 7.57. The van der Waals surface area contributed by atoms with Crippen molar-refractivity contribution in [1.82, 2.24) is 4.98 Å². The minimum Gasteiger partial charge on any atom is -0.256 e. The maximum atomic E-state index is 4.36. The monoisotopic (exact) mass is 189 g/mol. The number of rotatable bonds is 1. The highest BCUT2D eigenvalue weighted by Gasteiger charge is 2.04. The van der Waals surface area contributed by atoms with Crippen LogP contribution in [-0.2, 0) is 0 Å². The summed E-state index contributed by atoms with van der Waals surface area (Å²) in [5, 5.41) is 2.83. The van der Waals surface area contributed by atoms with Crippen molar-refractivity contribution < 1.29 is 0 Å². The molecule has 1 aromatic carbocycles. The molecule has 0 amide bonds. The van der Waals surface area contributed by atoms with Crippen molar-refractivity contribution >= 4 is 7.53 Å². The van der Waals surface area contributed by atoms with Crippen molar-refractivity contribution in [3.8, 4) is 5.30 Å². The second kappa shape index (κ2) is 3.35. The second-order valence-electron chi connectivity index (χ2n) is 3.12. The van der Waals surface area contributed by atoms with Crippen LogP contribution in [0.5, 0.6) is 0 Å². The molecule has 0 saturated heterocycles.